The zero-order valence-corrected chi connectivity index (χ0v) is 16.7. The number of fused-ring (bicyclic) bond motifs is 1. The van der Waals surface area contributed by atoms with Crippen LogP contribution in [0.15, 0.2) is 42.5 Å². The van der Waals surface area contributed by atoms with Crippen LogP contribution in [-0.4, -0.2) is 21.1 Å². The second kappa shape index (κ2) is 14.5. The van der Waals surface area contributed by atoms with Gasteiger partial charge in [-0.2, -0.15) is 17.5 Å². The van der Waals surface area contributed by atoms with E-state index in [4.69, 9.17) is 10.8 Å². The van der Waals surface area contributed by atoms with Gasteiger partial charge in [-0.3, -0.25) is 0 Å². The van der Waals surface area contributed by atoms with E-state index < -0.39 is 0 Å². The number of halogens is 2. The van der Waals surface area contributed by atoms with Crippen molar-refractivity contribution in [1.29, 1.82) is 0 Å². The van der Waals surface area contributed by atoms with Crippen molar-refractivity contribution < 1.29 is 49.9 Å². The van der Waals surface area contributed by atoms with Gasteiger partial charge >= 0.3 is 48.8 Å². The average Bonchev–Trinajstić information content (AvgIpc) is 2.75. The molecule has 0 atom stereocenters. The van der Waals surface area contributed by atoms with E-state index in [2.05, 4.69) is 42.5 Å². The molecule has 2 aromatic carbocycles. The molecule has 0 radical (unpaired) electrons. The van der Waals surface area contributed by atoms with Crippen LogP contribution in [0.2, 0.25) is 0 Å². The third kappa shape index (κ3) is 18.0. The average molecular weight is 378 g/mol. The molecule has 0 bridgehead atoms. The number of rotatable bonds is 2. The molecule has 0 aliphatic heterocycles. The molecule has 0 saturated carbocycles. The molecule has 0 saturated heterocycles. The predicted molar refractivity (Wildman–Crippen MR) is 86.0 cm³/mol. The Hall–Kier alpha value is -0.0857. The summed E-state index contributed by atoms with van der Waals surface area (Å²) < 4.78 is 1.29. The third-order valence-electron chi connectivity index (χ3n) is 2.03. The van der Waals surface area contributed by atoms with Crippen molar-refractivity contribution in [3.63, 3.8) is 0 Å². The molecule has 0 spiro atoms. The molecule has 5 heteroatoms. The van der Waals surface area contributed by atoms with Gasteiger partial charge in [-0.1, -0.05) is 26.8 Å². The van der Waals surface area contributed by atoms with Crippen molar-refractivity contribution in [3.05, 3.63) is 48.2 Å². The minimum absolute atomic E-state index is 0. The van der Waals surface area contributed by atoms with E-state index in [1.165, 1.54) is 14.6 Å². The zero-order valence-electron chi connectivity index (χ0n) is 13.7. The fourth-order valence-corrected chi connectivity index (χ4v) is 1.41. The van der Waals surface area contributed by atoms with Gasteiger partial charge in [0.15, 0.2) is 0 Å². The Morgan fingerprint density at radius 3 is 2.05 bits per heavy atom. The van der Waals surface area contributed by atoms with Gasteiger partial charge in [-0.05, 0) is 0 Å². The minimum atomic E-state index is -0.250. The fraction of sp³-hybridized carbons (Fsp3) is 0.412. The summed E-state index contributed by atoms with van der Waals surface area (Å²) >= 11 is 2.01. The van der Waals surface area contributed by atoms with E-state index in [0.717, 1.165) is 6.42 Å². The normalized spacial score (nSPS) is 9.27. The van der Waals surface area contributed by atoms with Gasteiger partial charge in [0.25, 0.3) is 0 Å². The van der Waals surface area contributed by atoms with Gasteiger partial charge in [0.2, 0.25) is 0 Å². The quantitative estimate of drug-likeness (QED) is 0.503. The molecule has 0 amide bonds. The predicted octanol–water partition coefficient (Wildman–Crippen LogP) is -1.49. The summed E-state index contributed by atoms with van der Waals surface area (Å²) in [5.41, 5.74) is 6.69. The molecule has 0 fully saturated rings. The number of hydrogen-bond acceptors (Lipinski definition) is 1. The SMILES string of the molecule is CC(C)(C)[NH-].C[C](=[Ti+2])CCO.[Cl-].[Cl-].c1ccc2[cH-]ccc2c1. The third-order valence-corrected chi connectivity index (χ3v) is 2.42. The number of aliphatic hydroxyl groups is 1. The maximum Gasteiger partial charge on any atom is -0.0809 e. The monoisotopic (exact) mass is 377 g/mol. The van der Waals surface area contributed by atoms with E-state index in [0.29, 0.717) is 6.61 Å². The Morgan fingerprint density at radius 1 is 1.18 bits per heavy atom. The molecule has 2 rings (SSSR count). The van der Waals surface area contributed by atoms with Crippen LogP contribution in [-0.2, 0) is 20.0 Å². The first kappa shape index (κ1) is 26.8. The Bertz CT molecular complexity index is 470. The largest absolute Gasteiger partial charge is 1.00 e. The first-order valence-electron chi connectivity index (χ1n) is 6.74. The van der Waals surface area contributed by atoms with Crippen molar-refractivity contribution in [2.45, 2.75) is 39.7 Å². The molecule has 0 aliphatic carbocycles. The maximum atomic E-state index is 8.22. The number of benzene rings is 1. The van der Waals surface area contributed by atoms with Gasteiger partial charge in [0, 0.05) is 0 Å². The van der Waals surface area contributed by atoms with Crippen LogP contribution in [0.5, 0.6) is 0 Å². The summed E-state index contributed by atoms with van der Waals surface area (Å²) in [6, 6.07) is 14.7. The van der Waals surface area contributed by atoms with Crippen LogP contribution in [0.4, 0.5) is 0 Å². The van der Waals surface area contributed by atoms with E-state index >= 15 is 0 Å². The number of nitrogens with one attached hydrogen (secondary N) is 1. The van der Waals surface area contributed by atoms with Crippen LogP contribution in [0.1, 0.15) is 34.1 Å². The van der Waals surface area contributed by atoms with E-state index in [1.807, 2.05) is 47.7 Å². The molecule has 2 aromatic rings. The second-order valence-electron chi connectivity index (χ2n) is 5.66. The summed E-state index contributed by atoms with van der Waals surface area (Å²) in [5.74, 6) is 0. The molecule has 124 valence electrons. The van der Waals surface area contributed by atoms with Crippen LogP contribution in [0, 0.1) is 0 Å². The number of aliphatic hydroxyl groups excluding tert-OH is 1. The van der Waals surface area contributed by atoms with E-state index in [9.17, 15) is 0 Å². The van der Waals surface area contributed by atoms with Crippen molar-refractivity contribution in [3.8, 4) is 0 Å². The molecule has 2 N–H and O–H groups in total. The molecule has 0 heterocycles. The van der Waals surface area contributed by atoms with Crippen LogP contribution in [0.3, 0.4) is 0 Å². The van der Waals surface area contributed by atoms with E-state index in [1.54, 1.807) is 0 Å². The van der Waals surface area contributed by atoms with Gasteiger partial charge in [-0.25, -0.2) is 0 Å². The molecular formula is C17H25Cl2NOTi-2. The van der Waals surface area contributed by atoms with Crippen molar-refractivity contribution in [1.82, 2.24) is 0 Å². The Morgan fingerprint density at radius 2 is 1.68 bits per heavy atom. The molecule has 0 aromatic heterocycles. The fourth-order valence-electron chi connectivity index (χ4n) is 1.24. The second-order valence-corrected chi connectivity index (χ2v) is 6.99. The van der Waals surface area contributed by atoms with Gasteiger partial charge < -0.3 is 30.5 Å². The Balaban J connectivity index is -0.000000250. The van der Waals surface area contributed by atoms with Crippen LogP contribution < -0.4 is 24.8 Å². The first-order valence-corrected chi connectivity index (χ1v) is 7.52. The summed E-state index contributed by atoms with van der Waals surface area (Å²) in [6.07, 6.45) is 0.847. The molecule has 0 unspecified atom stereocenters. The Kier molecular flexibility index (Phi) is 17.7. The molecule has 22 heavy (non-hydrogen) atoms. The molecule has 0 aliphatic rings. The van der Waals surface area contributed by atoms with Gasteiger partial charge in [-0.15, -0.1) is 35.2 Å². The topological polar surface area (TPSA) is 44.0 Å². The van der Waals surface area contributed by atoms with Crippen LogP contribution >= 0.6 is 0 Å². The van der Waals surface area contributed by atoms with Crippen molar-refractivity contribution in [2.75, 3.05) is 6.61 Å². The molecule has 2 nitrogen and oxygen atoms in total. The molecular weight excluding hydrogens is 353 g/mol. The summed E-state index contributed by atoms with van der Waals surface area (Å²) in [7, 11) is 0. The maximum absolute atomic E-state index is 8.22. The first-order chi connectivity index (χ1) is 9.24. The standard InChI is InChI=1S/C9H7.C4H10N.C4H8O.2ClH.Ti/c1-2-5-9-7-3-6-8(9)4-1;1-4(2,3)5;1-2-3-4-5;;;/h1-7H;5H,1-3H3;5H,3-4H2,1H3;2*1H;/q2*-1;;;;+2/p-2. The minimum Gasteiger partial charge on any atom is -1.00 e. The van der Waals surface area contributed by atoms with Crippen molar-refractivity contribution >= 4 is 14.6 Å². The Labute approximate surface area is 158 Å². The van der Waals surface area contributed by atoms with E-state index in [-0.39, 0.29) is 30.4 Å². The van der Waals surface area contributed by atoms with Crippen molar-refractivity contribution in [2.24, 2.45) is 0 Å². The van der Waals surface area contributed by atoms with Crippen LogP contribution in [0.25, 0.3) is 16.5 Å². The summed E-state index contributed by atoms with van der Waals surface area (Å²) in [6.45, 7) is 7.87. The summed E-state index contributed by atoms with van der Waals surface area (Å²) in [5, 5.41) is 10.9. The number of hydrogen-bond donors (Lipinski definition) is 1. The van der Waals surface area contributed by atoms with Gasteiger partial charge in [0.05, 0.1) is 0 Å². The zero-order chi connectivity index (χ0) is 15.6. The van der Waals surface area contributed by atoms with Gasteiger partial charge in [0.1, 0.15) is 0 Å². The summed E-state index contributed by atoms with van der Waals surface area (Å²) in [4.78, 5) is 0. The smallest absolute Gasteiger partial charge is 0.0809 e.